The molecule has 3 rings (SSSR count). The second-order valence-electron chi connectivity index (χ2n) is 4.66. The highest BCUT2D eigenvalue weighted by molar-refractivity contribution is 6.07. The summed E-state index contributed by atoms with van der Waals surface area (Å²) >= 11 is 0. The molecular formula is C14H17N3O2. The maximum atomic E-state index is 12.5. The first-order valence-corrected chi connectivity index (χ1v) is 6.45. The number of carbonyl (C=O) groups is 1. The van der Waals surface area contributed by atoms with Crippen LogP contribution >= 0.6 is 0 Å². The molecule has 0 bridgehead atoms. The fraction of sp³-hybridized carbons (Fsp3) is 0.357. The van der Waals surface area contributed by atoms with E-state index in [0.717, 1.165) is 48.4 Å². The number of methoxy groups -OCH3 is 1. The topological polar surface area (TPSA) is 57.4 Å². The van der Waals surface area contributed by atoms with Crippen molar-refractivity contribution in [2.45, 2.75) is 0 Å². The molecule has 19 heavy (non-hydrogen) atoms. The number of ether oxygens (including phenoxy) is 1. The number of H-pyrrole nitrogens is 1. The molecule has 0 aliphatic carbocycles. The third-order valence-electron chi connectivity index (χ3n) is 3.52. The van der Waals surface area contributed by atoms with Crippen LogP contribution in [0.3, 0.4) is 0 Å². The van der Waals surface area contributed by atoms with Gasteiger partial charge >= 0.3 is 0 Å². The van der Waals surface area contributed by atoms with Crippen LogP contribution < -0.4 is 10.1 Å². The first kappa shape index (κ1) is 12.0. The quantitative estimate of drug-likeness (QED) is 0.852. The van der Waals surface area contributed by atoms with Crippen molar-refractivity contribution in [3.05, 3.63) is 30.0 Å². The van der Waals surface area contributed by atoms with Crippen LogP contribution in [-0.2, 0) is 0 Å². The average Bonchev–Trinajstić information content (AvgIpc) is 2.90. The van der Waals surface area contributed by atoms with Crippen LogP contribution in [0.1, 0.15) is 10.4 Å². The molecule has 5 heteroatoms. The van der Waals surface area contributed by atoms with Crippen molar-refractivity contribution in [3.8, 4) is 5.75 Å². The van der Waals surface area contributed by atoms with E-state index in [-0.39, 0.29) is 5.91 Å². The Bertz CT molecular complexity index is 600. The number of carbonyl (C=O) groups excluding carboxylic acids is 1. The number of benzene rings is 1. The fourth-order valence-electron chi connectivity index (χ4n) is 2.44. The molecule has 1 aromatic carbocycles. The largest absolute Gasteiger partial charge is 0.497 e. The van der Waals surface area contributed by atoms with Gasteiger partial charge in [0.05, 0.1) is 12.7 Å². The monoisotopic (exact) mass is 259 g/mol. The van der Waals surface area contributed by atoms with E-state index < -0.39 is 0 Å². The number of nitrogens with one attached hydrogen (secondary N) is 2. The van der Waals surface area contributed by atoms with Gasteiger partial charge in [-0.1, -0.05) is 0 Å². The van der Waals surface area contributed by atoms with Crippen LogP contribution in [0.5, 0.6) is 5.75 Å². The van der Waals surface area contributed by atoms with Crippen molar-refractivity contribution >= 4 is 16.8 Å². The summed E-state index contributed by atoms with van der Waals surface area (Å²) < 4.78 is 5.22. The molecule has 1 amide bonds. The standard InChI is InChI=1S/C14H17N3O2/c1-19-10-2-3-13-11(8-10)12(9-16-13)14(18)17-6-4-15-5-7-17/h2-3,8-9,15-16H,4-7H2,1H3. The molecule has 0 spiro atoms. The van der Waals surface area contributed by atoms with Gasteiger partial charge in [0.25, 0.3) is 5.91 Å². The fourth-order valence-corrected chi connectivity index (χ4v) is 2.44. The van der Waals surface area contributed by atoms with Gasteiger partial charge in [-0.15, -0.1) is 0 Å². The van der Waals surface area contributed by atoms with E-state index in [1.807, 2.05) is 23.1 Å². The minimum atomic E-state index is 0.0843. The maximum Gasteiger partial charge on any atom is 0.256 e. The minimum Gasteiger partial charge on any atom is -0.497 e. The number of aromatic nitrogens is 1. The zero-order valence-electron chi connectivity index (χ0n) is 10.9. The van der Waals surface area contributed by atoms with Crippen molar-refractivity contribution in [1.29, 1.82) is 0 Å². The highest BCUT2D eigenvalue weighted by atomic mass is 16.5. The van der Waals surface area contributed by atoms with Crippen molar-refractivity contribution in [1.82, 2.24) is 15.2 Å². The predicted molar refractivity (Wildman–Crippen MR) is 73.6 cm³/mol. The molecule has 1 aromatic heterocycles. The first-order valence-electron chi connectivity index (χ1n) is 6.45. The summed E-state index contributed by atoms with van der Waals surface area (Å²) in [6.07, 6.45) is 1.79. The van der Waals surface area contributed by atoms with Crippen LogP contribution in [0, 0.1) is 0 Å². The second-order valence-corrected chi connectivity index (χ2v) is 4.66. The lowest BCUT2D eigenvalue weighted by atomic mass is 10.1. The lowest BCUT2D eigenvalue weighted by Gasteiger charge is -2.27. The van der Waals surface area contributed by atoms with Crippen molar-refractivity contribution < 1.29 is 9.53 Å². The van der Waals surface area contributed by atoms with Crippen molar-refractivity contribution in [3.63, 3.8) is 0 Å². The number of hydrogen-bond donors (Lipinski definition) is 2. The Kier molecular flexibility index (Phi) is 3.13. The molecule has 0 radical (unpaired) electrons. The smallest absolute Gasteiger partial charge is 0.256 e. The van der Waals surface area contributed by atoms with Crippen LogP contribution in [0.2, 0.25) is 0 Å². The van der Waals surface area contributed by atoms with Crippen LogP contribution in [-0.4, -0.2) is 49.1 Å². The third-order valence-corrected chi connectivity index (χ3v) is 3.52. The van der Waals surface area contributed by atoms with Crippen molar-refractivity contribution in [2.24, 2.45) is 0 Å². The van der Waals surface area contributed by atoms with E-state index in [9.17, 15) is 4.79 Å². The molecule has 0 unspecified atom stereocenters. The molecule has 100 valence electrons. The lowest BCUT2D eigenvalue weighted by Crippen LogP contribution is -2.46. The molecule has 0 atom stereocenters. The number of aromatic amines is 1. The van der Waals surface area contributed by atoms with E-state index in [1.54, 1.807) is 13.3 Å². The summed E-state index contributed by atoms with van der Waals surface area (Å²) in [7, 11) is 1.63. The van der Waals surface area contributed by atoms with E-state index in [0.29, 0.717) is 0 Å². The van der Waals surface area contributed by atoms with Crippen LogP contribution in [0.15, 0.2) is 24.4 Å². The molecule has 1 saturated heterocycles. The Morgan fingerprint density at radius 2 is 2.11 bits per heavy atom. The molecule has 2 N–H and O–H groups in total. The second kappa shape index (κ2) is 4.93. The molecule has 2 heterocycles. The Labute approximate surface area is 111 Å². The van der Waals surface area contributed by atoms with Gasteiger partial charge in [-0.25, -0.2) is 0 Å². The number of nitrogens with zero attached hydrogens (tertiary/aromatic N) is 1. The highest BCUT2D eigenvalue weighted by Crippen LogP contribution is 2.24. The zero-order valence-corrected chi connectivity index (χ0v) is 10.9. The Balaban J connectivity index is 1.97. The van der Waals surface area contributed by atoms with E-state index >= 15 is 0 Å². The van der Waals surface area contributed by atoms with Gasteiger partial charge in [-0.05, 0) is 18.2 Å². The van der Waals surface area contributed by atoms with E-state index in [2.05, 4.69) is 10.3 Å². The Hall–Kier alpha value is -2.01. The molecular weight excluding hydrogens is 242 g/mol. The SMILES string of the molecule is COc1ccc2[nH]cc(C(=O)N3CCNCC3)c2c1. The summed E-state index contributed by atoms with van der Waals surface area (Å²) in [5.74, 6) is 0.850. The number of rotatable bonds is 2. The van der Waals surface area contributed by atoms with Gasteiger partial charge in [0.1, 0.15) is 5.75 Å². The molecule has 0 saturated carbocycles. The summed E-state index contributed by atoms with van der Waals surface area (Å²) in [6, 6.07) is 5.72. The summed E-state index contributed by atoms with van der Waals surface area (Å²) in [5, 5.41) is 4.17. The molecule has 5 nitrogen and oxygen atoms in total. The van der Waals surface area contributed by atoms with Gasteiger partial charge in [-0.3, -0.25) is 4.79 Å². The van der Waals surface area contributed by atoms with Gasteiger partial charge in [-0.2, -0.15) is 0 Å². The maximum absolute atomic E-state index is 12.5. The normalized spacial score (nSPS) is 15.7. The number of fused-ring (bicyclic) bond motifs is 1. The van der Waals surface area contributed by atoms with Crippen molar-refractivity contribution in [2.75, 3.05) is 33.3 Å². The predicted octanol–water partition coefficient (Wildman–Crippen LogP) is 1.22. The van der Waals surface area contributed by atoms with Gasteiger partial charge in [0, 0.05) is 43.3 Å². The van der Waals surface area contributed by atoms with Gasteiger partial charge < -0.3 is 19.9 Å². The molecule has 1 aliphatic heterocycles. The van der Waals surface area contributed by atoms with Gasteiger partial charge in [0.15, 0.2) is 0 Å². The summed E-state index contributed by atoms with van der Waals surface area (Å²) in [4.78, 5) is 17.5. The number of hydrogen-bond acceptors (Lipinski definition) is 3. The lowest BCUT2D eigenvalue weighted by molar-refractivity contribution is 0.0738. The zero-order chi connectivity index (χ0) is 13.2. The molecule has 1 fully saturated rings. The van der Waals surface area contributed by atoms with Crippen LogP contribution in [0.25, 0.3) is 10.9 Å². The van der Waals surface area contributed by atoms with Gasteiger partial charge in [0.2, 0.25) is 0 Å². The summed E-state index contributed by atoms with van der Waals surface area (Å²) in [6.45, 7) is 3.24. The number of amides is 1. The highest BCUT2D eigenvalue weighted by Gasteiger charge is 2.20. The first-order chi connectivity index (χ1) is 9.29. The number of piperazine rings is 1. The minimum absolute atomic E-state index is 0.0843. The molecule has 1 aliphatic rings. The third kappa shape index (κ3) is 2.17. The Morgan fingerprint density at radius 3 is 2.84 bits per heavy atom. The Morgan fingerprint density at radius 1 is 1.32 bits per heavy atom. The van der Waals surface area contributed by atoms with Crippen LogP contribution in [0.4, 0.5) is 0 Å². The average molecular weight is 259 g/mol. The molecule has 2 aromatic rings. The summed E-state index contributed by atoms with van der Waals surface area (Å²) in [5.41, 5.74) is 1.68. The van der Waals surface area contributed by atoms with E-state index in [4.69, 9.17) is 4.74 Å². The van der Waals surface area contributed by atoms with E-state index in [1.165, 1.54) is 0 Å².